The Bertz CT molecular complexity index is 482. The molecule has 1 saturated heterocycles. The summed E-state index contributed by atoms with van der Waals surface area (Å²) >= 11 is 3.59. The lowest BCUT2D eigenvalue weighted by molar-refractivity contribution is -0.119. The smallest absolute Gasteiger partial charge is 0.217 e. The van der Waals surface area contributed by atoms with Gasteiger partial charge >= 0.3 is 0 Å². The van der Waals surface area contributed by atoms with Crippen molar-refractivity contribution in [1.29, 1.82) is 0 Å². The molecular formula is C15H22BrN3O. The van der Waals surface area contributed by atoms with Gasteiger partial charge in [0.15, 0.2) is 0 Å². The standard InChI is InChI=1S/C15H22BrN3O/c1-10(17)13-3-2-12(9-14(13)16)19-6-4-11(5-7-19)8-15(18)20/h2-3,9-11H,4-8,17H2,1H3,(H2,18,20). The maximum atomic E-state index is 11.0. The van der Waals surface area contributed by atoms with Crippen LogP contribution in [0.3, 0.4) is 0 Å². The summed E-state index contributed by atoms with van der Waals surface area (Å²) in [5.74, 6) is 0.253. The Morgan fingerprint density at radius 2 is 2.10 bits per heavy atom. The largest absolute Gasteiger partial charge is 0.371 e. The molecule has 4 N–H and O–H groups in total. The van der Waals surface area contributed by atoms with Crippen LogP contribution >= 0.6 is 15.9 Å². The second-order valence-corrected chi connectivity index (χ2v) is 6.45. The minimum Gasteiger partial charge on any atom is -0.371 e. The number of amides is 1. The van der Waals surface area contributed by atoms with Gasteiger partial charge < -0.3 is 16.4 Å². The van der Waals surface area contributed by atoms with Crippen LogP contribution < -0.4 is 16.4 Å². The van der Waals surface area contributed by atoms with Gasteiger partial charge in [0.1, 0.15) is 0 Å². The number of piperidine rings is 1. The number of carbonyl (C=O) groups is 1. The van der Waals surface area contributed by atoms with E-state index in [2.05, 4.69) is 39.0 Å². The molecule has 1 fully saturated rings. The maximum absolute atomic E-state index is 11.0. The predicted octanol–water partition coefficient (Wildman–Crippen LogP) is 2.56. The highest BCUT2D eigenvalue weighted by molar-refractivity contribution is 9.10. The second kappa shape index (κ2) is 6.59. The number of nitrogens with zero attached hydrogens (tertiary/aromatic N) is 1. The van der Waals surface area contributed by atoms with Crippen molar-refractivity contribution >= 4 is 27.5 Å². The number of primary amides is 1. The highest BCUT2D eigenvalue weighted by Crippen LogP contribution is 2.30. The molecule has 0 saturated carbocycles. The van der Waals surface area contributed by atoms with E-state index in [0.717, 1.165) is 36.0 Å². The third kappa shape index (κ3) is 3.73. The van der Waals surface area contributed by atoms with Crippen LogP contribution in [0.2, 0.25) is 0 Å². The molecule has 0 radical (unpaired) electrons. The molecule has 0 spiro atoms. The molecule has 1 atom stereocenters. The summed E-state index contributed by atoms with van der Waals surface area (Å²) in [4.78, 5) is 13.3. The average Bonchev–Trinajstić information content (AvgIpc) is 2.38. The Labute approximate surface area is 128 Å². The monoisotopic (exact) mass is 339 g/mol. The molecule has 2 rings (SSSR count). The first kappa shape index (κ1) is 15.3. The molecule has 1 unspecified atom stereocenters. The molecule has 1 aromatic rings. The van der Waals surface area contributed by atoms with E-state index in [4.69, 9.17) is 11.5 Å². The topological polar surface area (TPSA) is 72.3 Å². The summed E-state index contributed by atoms with van der Waals surface area (Å²) in [6.45, 7) is 3.93. The highest BCUT2D eigenvalue weighted by Gasteiger charge is 2.21. The first-order valence-corrected chi connectivity index (χ1v) is 7.85. The highest BCUT2D eigenvalue weighted by atomic mass is 79.9. The number of benzene rings is 1. The van der Waals surface area contributed by atoms with Gasteiger partial charge in [0, 0.05) is 35.7 Å². The van der Waals surface area contributed by atoms with Gasteiger partial charge in [-0.1, -0.05) is 22.0 Å². The molecule has 20 heavy (non-hydrogen) atoms. The number of hydrogen-bond donors (Lipinski definition) is 2. The SMILES string of the molecule is CC(N)c1ccc(N2CCC(CC(N)=O)CC2)cc1Br. The van der Waals surface area contributed by atoms with Gasteiger partial charge in [-0.05, 0) is 43.4 Å². The minimum absolute atomic E-state index is 0.0275. The van der Waals surface area contributed by atoms with Gasteiger partial charge in [-0.25, -0.2) is 0 Å². The fraction of sp³-hybridized carbons (Fsp3) is 0.533. The third-order valence-electron chi connectivity index (χ3n) is 3.94. The van der Waals surface area contributed by atoms with E-state index in [1.807, 2.05) is 6.92 Å². The van der Waals surface area contributed by atoms with E-state index in [1.54, 1.807) is 0 Å². The zero-order chi connectivity index (χ0) is 14.7. The molecule has 110 valence electrons. The Kier molecular flexibility index (Phi) is 5.05. The minimum atomic E-state index is -0.188. The Morgan fingerprint density at radius 1 is 1.45 bits per heavy atom. The normalized spacial score (nSPS) is 18.1. The third-order valence-corrected chi connectivity index (χ3v) is 4.63. The van der Waals surface area contributed by atoms with E-state index in [0.29, 0.717) is 12.3 Å². The van der Waals surface area contributed by atoms with Crippen LogP contribution in [0.5, 0.6) is 0 Å². The van der Waals surface area contributed by atoms with Crippen LogP contribution in [0.25, 0.3) is 0 Å². The van der Waals surface area contributed by atoms with Crippen molar-refractivity contribution in [2.24, 2.45) is 17.4 Å². The van der Waals surface area contributed by atoms with Crippen molar-refractivity contribution in [3.8, 4) is 0 Å². The summed E-state index contributed by atoms with van der Waals surface area (Å²) in [6.07, 6.45) is 2.56. The number of anilines is 1. The van der Waals surface area contributed by atoms with E-state index in [9.17, 15) is 4.79 Å². The summed E-state index contributed by atoms with van der Waals surface area (Å²) < 4.78 is 1.06. The van der Waals surface area contributed by atoms with Crippen molar-refractivity contribution in [2.45, 2.75) is 32.2 Å². The zero-order valence-electron chi connectivity index (χ0n) is 11.8. The molecule has 1 aromatic carbocycles. The molecule has 4 nitrogen and oxygen atoms in total. The first-order valence-electron chi connectivity index (χ1n) is 7.05. The molecule has 1 heterocycles. The maximum Gasteiger partial charge on any atom is 0.217 e. The lowest BCUT2D eigenvalue weighted by atomic mass is 9.93. The fourth-order valence-electron chi connectivity index (χ4n) is 2.76. The van der Waals surface area contributed by atoms with E-state index < -0.39 is 0 Å². The predicted molar refractivity (Wildman–Crippen MR) is 85.5 cm³/mol. The average molecular weight is 340 g/mol. The van der Waals surface area contributed by atoms with Crippen LogP contribution in [-0.4, -0.2) is 19.0 Å². The van der Waals surface area contributed by atoms with Crippen molar-refractivity contribution in [3.63, 3.8) is 0 Å². The number of nitrogens with two attached hydrogens (primary N) is 2. The lowest BCUT2D eigenvalue weighted by Gasteiger charge is -2.33. The van der Waals surface area contributed by atoms with Crippen LogP contribution in [0.1, 0.15) is 37.8 Å². The molecule has 1 aliphatic rings. The number of hydrogen-bond acceptors (Lipinski definition) is 3. The van der Waals surface area contributed by atoms with Gasteiger partial charge in [-0.2, -0.15) is 0 Å². The quantitative estimate of drug-likeness (QED) is 0.885. The first-order chi connectivity index (χ1) is 9.47. The van der Waals surface area contributed by atoms with E-state index >= 15 is 0 Å². The van der Waals surface area contributed by atoms with Gasteiger partial charge in [0.25, 0.3) is 0 Å². The molecule has 0 aromatic heterocycles. The van der Waals surface area contributed by atoms with Crippen molar-refractivity contribution in [3.05, 3.63) is 28.2 Å². The molecule has 0 bridgehead atoms. The number of halogens is 1. The Balaban J connectivity index is 2.00. The van der Waals surface area contributed by atoms with E-state index in [-0.39, 0.29) is 11.9 Å². The molecular weight excluding hydrogens is 318 g/mol. The van der Waals surface area contributed by atoms with E-state index in [1.165, 1.54) is 5.69 Å². The summed E-state index contributed by atoms with van der Waals surface area (Å²) in [5, 5.41) is 0. The van der Waals surface area contributed by atoms with Gasteiger partial charge in [0.2, 0.25) is 5.91 Å². The fourth-order valence-corrected chi connectivity index (χ4v) is 3.49. The van der Waals surface area contributed by atoms with Crippen molar-refractivity contribution in [1.82, 2.24) is 0 Å². The zero-order valence-corrected chi connectivity index (χ0v) is 13.4. The molecule has 1 aliphatic heterocycles. The lowest BCUT2D eigenvalue weighted by Crippen LogP contribution is -2.35. The van der Waals surface area contributed by atoms with Crippen molar-refractivity contribution in [2.75, 3.05) is 18.0 Å². The summed E-state index contributed by atoms with van der Waals surface area (Å²) in [5.41, 5.74) is 13.5. The summed E-state index contributed by atoms with van der Waals surface area (Å²) in [7, 11) is 0. The molecule has 5 heteroatoms. The molecule has 1 amide bonds. The Hall–Kier alpha value is -1.07. The van der Waals surface area contributed by atoms with Crippen molar-refractivity contribution < 1.29 is 4.79 Å². The van der Waals surface area contributed by atoms with Crippen LogP contribution in [-0.2, 0) is 4.79 Å². The molecule has 0 aliphatic carbocycles. The van der Waals surface area contributed by atoms with Gasteiger partial charge in [0.05, 0.1) is 0 Å². The van der Waals surface area contributed by atoms with Gasteiger partial charge in [-0.3, -0.25) is 4.79 Å². The van der Waals surface area contributed by atoms with Crippen LogP contribution in [0.15, 0.2) is 22.7 Å². The van der Waals surface area contributed by atoms with Gasteiger partial charge in [-0.15, -0.1) is 0 Å². The van der Waals surface area contributed by atoms with Crippen LogP contribution in [0.4, 0.5) is 5.69 Å². The Morgan fingerprint density at radius 3 is 2.60 bits per heavy atom. The van der Waals surface area contributed by atoms with Crippen LogP contribution in [0, 0.1) is 5.92 Å². The summed E-state index contributed by atoms with van der Waals surface area (Å²) in [6, 6.07) is 6.37. The number of carbonyl (C=O) groups excluding carboxylic acids is 1. The second-order valence-electron chi connectivity index (χ2n) is 5.60. The number of rotatable bonds is 4.